The van der Waals surface area contributed by atoms with Crippen LogP contribution in [0.4, 0.5) is 5.00 Å². The summed E-state index contributed by atoms with van der Waals surface area (Å²) in [4.78, 5) is 14.1. The number of nitrogens with one attached hydrogen (secondary N) is 1. The molecule has 0 aliphatic heterocycles. The molecule has 0 fully saturated rings. The van der Waals surface area contributed by atoms with E-state index < -0.39 is 0 Å². The number of hydrogen-bond donors (Lipinski definition) is 1. The van der Waals surface area contributed by atoms with Gasteiger partial charge < -0.3 is 15.0 Å². The van der Waals surface area contributed by atoms with Crippen molar-refractivity contribution >= 4 is 22.5 Å². The van der Waals surface area contributed by atoms with E-state index in [1.807, 2.05) is 27.9 Å². The molecule has 20 heavy (non-hydrogen) atoms. The standard InChI is InChI=1S/C14H25N3O2S/c1-7-19-14(18)12-10(4)16-20-13(12)15-11(9(2)3)8-17(5)6/h9,11,15H,7-8H2,1-6H3. The maximum absolute atomic E-state index is 12.0. The number of hydrogen-bond acceptors (Lipinski definition) is 6. The first-order valence-corrected chi connectivity index (χ1v) is 7.68. The topological polar surface area (TPSA) is 54.5 Å². The van der Waals surface area contributed by atoms with E-state index in [4.69, 9.17) is 4.74 Å². The van der Waals surface area contributed by atoms with Crippen LogP contribution in [0.15, 0.2) is 0 Å². The molecule has 1 atom stereocenters. The first-order valence-electron chi connectivity index (χ1n) is 6.91. The molecule has 0 radical (unpaired) electrons. The van der Waals surface area contributed by atoms with E-state index in [1.54, 1.807) is 0 Å². The van der Waals surface area contributed by atoms with Crippen molar-refractivity contribution in [3.63, 3.8) is 0 Å². The fourth-order valence-corrected chi connectivity index (χ4v) is 2.74. The summed E-state index contributed by atoms with van der Waals surface area (Å²) in [5.41, 5.74) is 1.30. The maximum atomic E-state index is 12.0. The van der Waals surface area contributed by atoms with Crippen LogP contribution in [0, 0.1) is 12.8 Å². The number of aromatic nitrogens is 1. The smallest absolute Gasteiger partial charge is 0.343 e. The van der Waals surface area contributed by atoms with Gasteiger partial charge in [0.05, 0.1) is 12.3 Å². The summed E-state index contributed by atoms with van der Waals surface area (Å²) in [6.45, 7) is 9.25. The highest BCUT2D eigenvalue weighted by molar-refractivity contribution is 7.10. The molecule has 0 aliphatic rings. The summed E-state index contributed by atoms with van der Waals surface area (Å²) in [6.07, 6.45) is 0. The molecule has 0 saturated carbocycles. The van der Waals surface area contributed by atoms with Crippen molar-refractivity contribution in [3.05, 3.63) is 11.3 Å². The second-order valence-corrected chi connectivity index (χ2v) is 6.22. The lowest BCUT2D eigenvalue weighted by atomic mass is 10.0. The SMILES string of the molecule is CCOC(=O)c1c(C)nsc1NC(CN(C)C)C(C)C. The molecule has 0 aliphatic carbocycles. The number of anilines is 1. The lowest BCUT2D eigenvalue weighted by Gasteiger charge is -2.26. The van der Waals surface area contributed by atoms with Gasteiger partial charge in [0.15, 0.2) is 0 Å². The third-order valence-corrected chi connectivity index (χ3v) is 3.90. The van der Waals surface area contributed by atoms with Crippen molar-refractivity contribution in [1.29, 1.82) is 0 Å². The predicted molar refractivity (Wildman–Crippen MR) is 83.6 cm³/mol. The van der Waals surface area contributed by atoms with Crippen LogP contribution in [-0.4, -0.2) is 48.5 Å². The number of ether oxygens (including phenoxy) is 1. The van der Waals surface area contributed by atoms with E-state index in [1.165, 1.54) is 11.5 Å². The van der Waals surface area contributed by atoms with Crippen LogP contribution in [0.25, 0.3) is 0 Å². The zero-order chi connectivity index (χ0) is 15.3. The normalized spacial score (nSPS) is 12.8. The van der Waals surface area contributed by atoms with Gasteiger partial charge in [-0.25, -0.2) is 4.79 Å². The van der Waals surface area contributed by atoms with Crippen molar-refractivity contribution in [2.24, 2.45) is 5.92 Å². The van der Waals surface area contributed by atoms with Crippen LogP contribution in [0.2, 0.25) is 0 Å². The molecule has 1 aromatic rings. The van der Waals surface area contributed by atoms with Crippen LogP contribution in [0.3, 0.4) is 0 Å². The van der Waals surface area contributed by atoms with Crippen LogP contribution in [0.5, 0.6) is 0 Å². The fraction of sp³-hybridized carbons (Fsp3) is 0.714. The molecule has 1 aromatic heterocycles. The third-order valence-electron chi connectivity index (χ3n) is 3.03. The summed E-state index contributed by atoms with van der Waals surface area (Å²) in [7, 11) is 4.09. The molecule has 114 valence electrons. The van der Waals surface area contributed by atoms with Crippen LogP contribution in [0.1, 0.15) is 36.8 Å². The second kappa shape index (κ2) is 7.59. The van der Waals surface area contributed by atoms with E-state index in [-0.39, 0.29) is 12.0 Å². The summed E-state index contributed by atoms with van der Waals surface area (Å²) in [6, 6.07) is 0.262. The lowest BCUT2D eigenvalue weighted by Crippen LogP contribution is -2.36. The molecule has 0 aromatic carbocycles. The first kappa shape index (κ1) is 16.9. The highest BCUT2D eigenvalue weighted by Gasteiger charge is 2.23. The minimum Gasteiger partial charge on any atom is -0.462 e. The Labute approximate surface area is 125 Å². The van der Waals surface area contributed by atoms with Crippen LogP contribution < -0.4 is 5.32 Å². The molecule has 0 amide bonds. The number of nitrogens with zero attached hydrogens (tertiary/aromatic N) is 2. The molecule has 6 heteroatoms. The van der Waals surface area contributed by atoms with Crippen molar-refractivity contribution in [1.82, 2.24) is 9.27 Å². The summed E-state index contributed by atoms with van der Waals surface area (Å²) >= 11 is 1.32. The van der Waals surface area contributed by atoms with Gasteiger partial charge in [-0.2, -0.15) is 4.37 Å². The fourth-order valence-electron chi connectivity index (χ4n) is 1.90. The molecule has 0 spiro atoms. The largest absolute Gasteiger partial charge is 0.462 e. The Balaban J connectivity index is 2.93. The monoisotopic (exact) mass is 299 g/mol. The van der Waals surface area contributed by atoms with E-state index in [0.29, 0.717) is 18.1 Å². The van der Waals surface area contributed by atoms with Gasteiger partial charge in [-0.1, -0.05) is 13.8 Å². The van der Waals surface area contributed by atoms with Crippen molar-refractivity contribution in [3.8, 4) is 0 Å². The third kappa shape index (κ3) is 4.45. The molecule has 5 nitrogen and oxygen atoms in total. The molecule has 1 heterocycles. The maximum Gasteiger partial charge on any atom is 0.343 e. The molecule has 0 saturated heterocycles. The average molecular weight is 299 g/mol. The zero-order valence-corrected chi connectivity index (χ0v) is 14.0. The predicted octanol–water partition coefficient (Wildman–Crippen LogP) is 2.63. The molecular formula is C14H25N3O2S. The van der Waals surface area contributed by atoms with Gasteiger partial charge in [-0.15, -0.1) is 0 Å². The quantitative estimate of drug-likeness (QED) is 0.784. The number of rotatable bonds is 7. The summed E-state index contributed by atoms with van der Waals surface area (Å²) < 4.78 is 9.38. The molecular weight excluding hydrogens is 274 g/mol. The van der Waals surface area contributed by atoms with E-state index in [2.05, 4.69) is 28.4 Å². The van der Waals surface area contributed by atoms with E-state index in [9.17, 15) is 4.79 Å². The van der Waals surface area contributed by atoms with Gasteiger partial charge in [-0.05, 0) is 45.4 Å². The van der Waals surface area contributed by atoms with Crippen LogP contribution in [-0.2, 0) is 4.74 Å². The van der Waals surface area contributed by atoms with Gasteiger partial charge in [0, 0.05) is 12.6 Å². The number of esters is 1. The van der Waals surface area contributed by atoms with Crippen molar-refractivity contribution in [2.75, 3.05) is 32.6 Å². The summed E-state index contributed by atoms with van der Waals surface area (Å²) in [5.74, 6) is 0.156. The minimum atomic E-state index is -0.298. The zero-order valence-electron chi connectivity index (χ0n) is 13.2. The van der Waals surface area contributed by atoms with Gasteiger partial charge in [0.1, 0.15) is 10.6 Å². The molecule has 1 rings (SSSR count). The Bertz CT molecular complexity index is 444. The van der Waals surface area contributed by atoms with Gasteiger partial charge in [0.25, 0.3) is 0 Å². The highest BCUT2D eigenvalue weighted by atomic mass is 32.1. The second-order valence-electron chi connectivity index (χ2n) is 5.45. The Morgan fingerprint density at radius 3 is 2.60 bits per heavy atom. The van der Waals surface area contributed by atoms with Gasteiger partial charge in [-0.3, -0.25) is 0 Å². The number of likely N-dealkylation sites (N-methyl/N-ethyl adjacent to an activating group) is 1. The Morgan fingerprint density at radius 1 is 1.45 bits per heavy atom. The Kier molecular flexibility index (Phi) is 6.42. The first-order chi connectivity index (χ1) is 9.36. The van der Waals surface area contributed by atoms with E-state index >= 15 is 0 Å². The van der Waals surface area contributed by atoms with E-state index in [0.717, 1.165) is 17.2 Å². The summed E-state index contributed by atoms with van der Waals surface area (Å²) in [5, 5.41) is 4.26. The van der Waals surface area contributed by atoms with Crippen LogP contribution >= 0.6 is 11.5 Å². The minimum absolute atomic E-state index is 0.262. The molecule has 1 N–H and O–H groups in total. The lowest BCUT2D eigenvalue weighted by molar-refractivity contribution is 0.0527. The Morgan fingerprint density at radius 2 is 2.10 bits per heavy atom. The number of carbonyl (C=O) groups excluding carboxylic acids is 1. The van der Waals surface area contributed by atoms with Crippen molar-refractivity contribution in [2.45, 2.75) is 33.7 Å². The van der Waals surface area contributed by atoms with Gasteiger partial charge >= 0.3 is 5.97 Å². The van der Waals surface area contributed by atoms with Gasteiger partial charge in [0.2, 0.25) is 0 Å². The molecule has 1 unspecified atom stereocenters. The molecule has 0 bridgehead atoms. The number of carbonyl (C=O) groups is 1. The Hall–Kier alpha value is -1.14. The van der Waals surface area contributed by atoms with Crippen molar-refractivity contribution < 1.29 is 9.53 Å². The highest BCUT2D eigenvalue weighted by Crippen LogP contribution is 2.27. The number of aryl methyl sites for hydroxylation is 1. The average Bonchev–Trinajstić information content (AvgIpc) is 2.69.